The van der Waals surface area contributed by atoms with Crippen molar-refractivity contribution in [3.63, 3.8) is 0 Å². The van der Waals surface area contributed by atoms with E-state index in [0.29, 0.717) is 12.0 Å². The van der Waals surface area contributed by atoms with Gasteiger partial charge in [-0.1, -0.05) is 13.3 Å². The molecule has 15 heavy (non-hydrogen) atoms. The summed E-state index contributed by atoms with van der Waals surface area (Å²) in [6.07, 6.45) is 3.82. The summed E-state index contributed by atoms with van der Waals surface area (Å²) in [7, 11) is 0. The number of nitriles is 1. The van der Waals surface area contributed by atoms with Crippen LogP contribution >= 0.6 is 0 Å². The summed E-state index contributed by atoms with van der Waals surface area (Å²) >= 11 is 0. The van der Waals surface area contributed by atoms with Crippen LogP contribution in [-0.4, -0.2) is 30.6 Å². The molecule has 0 amide bonds. The lowest BCUT2D eigenvalue weighted by molar-refractivity contribution is 0.159. The fraction of sp³-hybridized carbons (Fsp3) is 0.917. The number of hydrogen-bond acceptors (Lipinski definition) is 3. The van der Waals surface area contributed by atoms with E-state index in [0.717, 1.165) is 19.6 Å². The van der Waals surface area contributed by atoms with E-state index in [4.69, 9.17) is 11.0 Å². The van der Waals surface area contributed by atoms with Crippen molar-refractivity contribution in [3.05, 3.63) is 0 Å². The normalized spacial score (nSPS) is 27.9. The molecule has 1 fully saturated rings. The summed E-state index contributed by atoms with van der Waals surface area (Å²) < 4.78 is 0. The number of rotatable bonds is 5. The predicted octanol–water partition coefficient (Wildman–Crippen LogP) is 1.60. The van der Waals surface area contributed by atoms with Crippen molar-refractivity contribution in [1.82, 2.24) is 4.90 Å². The third-order valence-corrected chi connectivity index (χ3v) is 3.53. The zero-order valence-electron chi connectivity index (χ0n) is 9.95. The summed E-state index contributed by atoms with van der Waals surface area (Å²) in [5, 5.41) is 8.84. The van der Waals surface area contributed by atoms with E-state index in [9.17, 15) is 0 Å². The summed E-state index contributed by atoms with van der Waals surface area (Å²) in [5.41, 5.74) is 5.79. The van der Waals surface area contributed by atoms with Crippen LogP contribution in [-0.2, 0) is 0 Å². The molecule has 0 saturated heterocycles. The lowest BCUT2D eigenvalue weighted by Crippen LogP contribution is -2.42. The zero-order valence-corrected chi connectivity index (χ0v) is 9.95. The highest BCUT2D eigenvalue weighted by Gasteiger charge is 2.30. The van der Waals surface area contributed by atoms with Crippen molar-refractivity contribution in [3.8, 4) is 6.07 Å². The Morgan fingerprint density at radius 2 is 2.27 bits per heavy atom. The highest BCUT2D eigenvalue weighted by Crippen LogP contribution is 2.29. The minimum atomic E-state index is 0.129. The predicted molar refractivity (Wildman–Crippen MR) is 62.2 cm³/mol. The Morgan fingerprint density at radius 1 is 1.53 bits per heavy atom. The maximum atomic E-state index is 8.84. The van der Waals surface area contributed by atoms with Crippen LogP contribution < -0.4 is 5.73 Å². The Labute approximate surface area is 93.2 Å². The van der Waals surface area contributed by atoms with Crippen molar-refractivity contribution in [2.24, 2.45) is 17.6 Å². The fourth-order valence-electron chi connectivity index (χ4n) is 2.66. The maximum Gasteiger partial charge on any atom is 0.0666 e. The van der Waals surface area contributed by atoms with Gasteiger partial charge in [-0.25, -0.2) is 0 Å². The third kappa shape index (κ3) is 3.19. The van der Waals surface area contributed by atoms with Crippen LogP contribution in [0.3, 0.4) is 0 Å². The molecule has 86 valence electrons. The summed E-state index contributed by atoms with van der Waals surface area (Å²) in [6, 6.07) is 2.93. The van der Waals surface area contributed by atoms with Gasteiger partial charge in [0.25, 0.3) is 0 Å². The van der Waals surface area contributed by atoms with Gasteiger partial charge in [-0.3, -0.25) is 4.90 Å². The first-order valence-corrected chi connectivity index (χ1v) is 6.06. The smallest absolute Gasteiger partial charge is 0.0666 e. The molecular weight excluding hydrogens is 186 g/mol. The Hall–Kier alpha value is -0.590. The van der Waals surface area contributed by atoms with E-state index in [1.54, 1.807) is 0 Å². The van der Waals surface area contributed by atoms with Gasteiger partial charge in [0.05, 0.1) is 12.0 Å². The molecule has 3 nitrogen and oxygen atoms in total. The lowest BCUT2D eigenvalue weighted by Gasteiger charge is -2.32. The second-order valence-electron chi connectivity index (χ2n) is 4.61. The molecule has 0 aromatic carbocycles. The van der Waals surface area contributed by atoms with Crippen molar-refractivity contribution >= 4 is 0 Å². The minimum absolute atomic E-state index is 0.129. The van der Waals surface area contributed by atoms with Gasteiger partial charge in [0.1, 0.15) is 0 Å². The van der Waals surface area contributed by atoms with Crippen LogP contribution in [0.2, 0.25) is 0 Å². The molecule has 0 aromatic heterocycles. The molecule has 0 bridgehead atoms. The molecule has 3 unspecified atom stereocenters. The Kier molecular flexibility index (Phi) is 5.07. The average molecular weight is 209 g/mol. The highest BCUT2D eigenvalue weighted by molar-refractivity contribution is 4.89. The lowest BCUT2D eigenvalue weighted by atomic mass is 10.0. The molecule has 3 atom stereocenters. The molecule has 2 N–H and O–H groups in total. The van der Waals surface area contributed by atoms with Gasteiger partial charge in [-0.05, 0) is 38.8 Å². The maximum absolute atomic E-state index is 8.84. The summed E-state index contributed by atoms with van der Waals surface area (Å²) in [5.74, 6) is 0.778. The zero-order chi connectivity index (χ0) is 11.3. The van der Waals surface area contributed by atoms with E-state index >= 15 is 0 Å². The molecule has 0 aromatic rings. The molecule has 0 radical (unpaired) electrons. The highest BCUT2D eigenvalue weighted by atomic mass is 15.2. The molecule has 1 rings (SSSR count). The monoisotopic (exact) mass is 209 g/mol. The van der Waals surface area contributed by atoms with Crippen LogP contribution in [0.25, 0.3) is 0 Å². The minimum Gasteiger partial charge on any atom is -0.330 e. The number of hydrogen-bond donors (Lipinski definition) is 1. The Bertz CT molecular complexity index is 221. The van der Waals surface area contributed by atoms with Crippen LogP contribution in [0, 0.1) is 23.2 Å². The molecule has 0 spiro atoms. The van der Waals surface area contributed by atoms with Gasteiger partial charge in [0.15, 0.2) is 0 Å². The van der Waals surface area contributed by atoms with Crippen LogP contribution in [0.4, 0.5) is 0 Å². The van der Waals surface area contributed by atoms with E-state index in [1.165, 1.54) is 19.3 Å². The molecular formula is C12H23N3. The first kappa shape index (κ1) is 12.5. The number of nitrogens with zero attached hydrogens (tertiary/aromatic N) is 2. The molecule has 1 aliphatic carbocycles. The average Bonchev–Trinajstić information content (AvgIpc) is 2.73. The largest absolute Gasteiger partial charge is 0.330 e. The molecule has 1 aliphatic rings. The first-order valence-electron chi connectivity index (χ1n) is 6.06. The molecule has 0 aliphatic heterocycles. The topological polar surface area (TPSA) is 53.0 Å². The van der Waals surface area contributed by atoms with Crippen LogP contribution in [0.15, 0.2) is 0 Å². The van der Waals surface area contributed by atoms with Gasteiger partial charge < -0.3 is 5.73 Å². The number of nitrogens with two attached hydrogens (primary N) is 1. The van der Waals surface area contributed by atoms with Gasteiger partial charge >= 0.3 is 0 Å². The van der Waals surface area contributed by atoms with Crippen LogP contribution in [0.5, 0.6) is 0 Å². The van der Waals surface area contributed by atoms with Gasteiger partial charge in [-0.15, -0.1) is 0 Å². The Morgan fingerprint density at radius 3 is 2.80 bits per heavy atom. The second kappa shape index (κ2) is 6.09. The second-order valence-corrected chi connectivity index (χ2v) is 4.61. The van der Waals surface area contributed by atoms with Gasteiger partial charge in [0, 0.05) is 12.6 Å². The SMILES string of the molecule is CCN(CC(C)C#N)C1CCCC1CN. The Balaban J connectivity index is 2.54. The summed E-state index contributed by atoms with van der Waals surface area (Å²) in [6.45, 7) is 6.90. The summed E-state index contributed by atoms with van der Waals surface area (Å²) in [4.78, 5) is 2.44. The van der Waals surface area contributed by atoms with E-state index < -0.39 is 0 Å². The van der Waals surface area contributed by atoms with Crippen molar-refractivity contribution in [2.45, 2.75) is 39.2 Å². The molecule has 3 heteroatoms. The van der Waals surface area contributed by atoms with E-state index in [2.05, 4.69) is 17.9 Å². The quantitative estimate of drug-likeness (QED) is 0.748. The van der Waals surface area contributed by atoms with Crippen molar-refractivity contribution in [1.29, 1.82) is 5.26 Å². The first-order chi connectivity index (χ1) is 7.22. The van der Waals surface area contributed by atoms with E-state index in [-0.39, 0.29) is 5.92 Å². The van der Waals surface area contributed by atoms with Gasteiger partial charge in [0.2, 0.25) is 0 Å². The van der Waals surface area contributed by atoms with Crippen molar-refractivity contribution in [2.75, 3.05) is 19.6 Å². The third-order valence-electron chi connectivity index (χ3n) is 3.53. The molecule has 1 saturated carbocycles. The van der Waals surface area contributed by atoms with Crippen molar-refractivity contribution < 1.29 is 0 Å². The van der Waals surface area contributed by atoms with Gasteiger partial charge in [-0.2, -0.15) is 5.26 Å². The molecule has 0 heterocycles. The fourth-order valence-corrected chi connectivity index (χ4v) is 2.66. The standard InChI is InChI=1S/C12H23N3/c1-3-15(9-10(2)7-13)12-6-4-5-11(12)8-14/h10-12H,3-6,8-9,14H2,1-2H3. The van der Waals surface area contributed by atoms with E-state index in [1.807, 2.05) is 6.92 Å². The van der Waals surface area contributed by atoms with Crippen LogP contribution in [0.1, 0.15) is 33.1 Å².